The van der Waals surface area contributed by atoms with Gasteiger partial charge in [-0.25, -0.2) is 5.43 Å². The van der Waals surface area contributed by atoms with Crippen LogP contribution < -0.4 is 10.9 Å². The molecule has 3 atom stereocenters. The molecule has 19 heavy (non-hydrogen) atoms. The largest absolute Gasteiger partial charge is 0.458 e. The summed E-state index contributed by atoms with van der Waals surface area (Å²) < 4.78 is 9.45. The minimum atomic E-state index is -0.268. The van der Waals surface area contributed by atoms with Gasteiger partial charge in [0.2, 0.25) is 0 Å². The molecule has 2 heterocycles. The minimum Gasteiger partial charge on any atom is -0.458 e. The van der Waals surface area contributed by atoms with Crippen molar-refractivity contribution < 1.29 is 9.53 Å². The van der Waals surface area contributed by atoms with Crippen LogP contribution in [-0.4, -0.2) is 27.6 Å². The lowest BCUT2D eigenvalue weighted by atomic mass is 9.82. The summed E-state index contributed by atoms with van der Waals surface area (Å²) in [6.07, 6.45) is 4.57. The highest BCUT2D eigenvalue weighted by Gasteiger charge is 2.41. The lowest BCUT2D eigenvalue weighted by Crippen LogP contribution is -2.39. The Hall–Kier alpha value is -0.760. The van der Waals surface area contributed by atoms with Gasteiger partial charge in [0.05, 0.1) is 0 Å². The number of fused-ring (bicyclic) bond motifs is 1. The summed E-state index contributed by atoms with van der Waals surface area (Å²) in [4.78, 5) is 12.1. The average Bonchev–Trinajstić information content (AvgIpc) is 3.02. The van der Waals surface area contributed by atoms with Crippen LogP contribution >= 0.6 is 23.1 Å². The maximum atomic E-state index is 12.1. The van der Waals surface area contributed by atoms with Crippen LogP contribution in [0.15, 0.2) is 0 Å². The standard InChI is InChI=1S/C11H15ClN4O2S/c12-10-8(14-16-19-10)5-18-11(17)9-6-3-1-2-4-7(6)13-15-9/h6-7,9,13,15H,1-5H2. The molecule has 6 nitrogen and oxygen atoms in total. The highest BCUT2D eigenvalue weighted by atomic mass is 35.5. The van der Waals surface area contributed by atoms with Crippen molar-refractivity contribution in [3.8, 4) is 0 Å². The Morgan fingerprint density at radius 3 is 3.05 bits per heavy atom. The van der Waals surface area contributed by atoms with Gasteiger partial charge in [0.15, 0.2) is 0 Å². The fourth-order valence-corrected chi connectivity index (χ4v) is 3.39. The van der Waals surface area contributed by atoms with Crippen LogP contribution in [-0.2, 0) is 16.1 Å². The zero-order chi connectivity index (χ0) is 13.2. The Morgan fingerprint density at radius 2 is 2.26 bits per heavy atom. The first kappa shape index (κ1) is 13.2. The number of hydrazine groups is 1. The van der Waals surface area contributed by atoms with E-state index in [2.05, 4.69) is 20.4 Å². The number of ether oxygens (including phenoxy) is 1. The van der Waals surface area contributed by atoms with E-state index in [-0.39, 0.29) is 18.6 Å². The second-order valence-corrected chi connectivity index (χ2v) is 6.28. The Bertz CT molecular complexity index is 469. The lowest BCUT2D eigenvalue weighted by molar-refractivity contribution is -0.148. The molecule has 8 heteroatoms. The van der Waals surface area contributed by atoms with Crippen LogP contribution in [0.5, 0.6) is 0 Å². The molecule has 3 unspecified atom stereocenters. The number of carbonyl (C=O) groups is 1. The fraction of sp³-hybridized carbons (Fsp3) is 0.727. The zero-order valence-corrected chi connectivity index (χ0v) is 11.8. The third-order valence-electron chi connectivity index (χ3n) is 3.79. The van der Waals surface area contributed by atoms with Crippen LogP contribution in [0.4, 0.5) is 0 Å². The second-order valence-electron chi connectivity index (χ2n) is 4.92. The van der Waals surface area contributed by atoms with Gasteiger partial charge in [-0.15, -0.1) is 5.10 Å². The van der Waals surface area contributed by atoms with Crippen molar-refractivity contribution in [2.24, 2.45) is 5.92 Å². The minimum absolute atomic E-state index is 0.0870. The molecule has 1 aromatic heterocycles. The van der Waals surface area contributed by atoms with Crippen molar-refractivity contribution >= 4 is 29.1 Å². The van der Waals surface area contributed by atoms with Crippen molar-refractivity contribution in [3.05, 3.63) is 10.0 Å². The van der Waals surface area contributed by atoms with E-state index < -0.39 is 0 Å². The first-order valence-electron chi connectivity index (χ1n) is 6.40. The van der Waals surface area contributed by atoms with Gasteiger partial charge >= 0.3 is 5.97 Å². The van der Waals surface area contributed by atoms with E-state index in [0.717, 1.165) is 24.4 Å². The first-order valence-corrected chi connectivity index (χ1v) is 7.55. The monoisotopic (exact) mass is 302 g/mol. The van der Waals surface area contributed by atoms with Gasteiger partial charge in [0.1, 0.15) is 22.7 Å². The summed E-state index contributed by atoms with van der Waals surface area (Å²) in [6.45, 7) is 0.0870. The molecule has 1 saturated heterocycles. The van der Waals surface area contributed by atoms with Gasteiger partial charge in [-0.1, -0.05) is 28.9 Å². The number of halogens is 1. The smallest absolute Gasteiger partial charge is 0.325 e. The van der Waals surface area contributed by atoms with Crippen molar-refractivity contribution in [1.82, 2.24) is 20.4 Å². The molecule has 104 valence electrons. The second kappa shape index (κ2) is 5.70. The van der Waals surface area contributed by atoms with Crippen LogP contribution in [0.3, 0.4) is 0 Å². The number of nitrogens with zero attached hydrogens (tertiary/aromatic N) is 2. The summed E-state index contributed by atoms with van der Waals surface area (Å²) >= 11 is 6.96. The lowest BCUT2D eigenvalue weighted by Gasteiger charge is -2.26. The number of rotatable bonds is 3. The molecule has 0 bridgehead atoms. The Labute approximate surface area is 120 Å². The van der Waals surface area contributed by atoms with E-state index in [1.807, 2.05) is 0 Å². The van der Waals surface area contributed by atoms with Gasteiger partial charge in [-0.3, -0.25) is 10.2 Å². The number of hydrogen-bond acceptors (Lipinski definition) is 7. The molecule has 1 saturated carbocycles. The summed E-state index contributed by atoms with van der Waals surface area (Å²) in [5.41, 5.74) is 6.76. The molecule has 2 aliphatic rings. The van der Waals surface area contributed by atoms with Crippen molar-refractivity contribution in [3.63, 3.8) is 0 Å². The van der Waals surface area contributed by atoms with E-state index >= 15 is 0 Å². The SMILES string of the molecule is O=C(OCc1nnsc1Cl)C1NNC2CCCCC21. The number of carbonyl (C=O) groups excluding carboxylic acids is 1. The van der Waals surface area contributed by atoms with Crippen LogP contribution in [0.25, 0.3) is 0 Å². The summed E-state index contributed by atoms with van der Waals surface area (Å²) in [7, 11) is 0. The fourth-order valence-electron chi connectivity index (χ4n) is 2.79. The van der Waals surface area contributed by atoms with Gasteiger partial charge in [-0.2, -0.15) is 0 Å². The highest BCUT2D eigenvalue weighted by molar-refractivity contribution is 7.10. The van der Waals surface area contributed by atoms with Gasteiger partial charge < -0.3 is 4.74 Å². The van der Waals surface area contributed by atoms with Crippen LogP contribution in [0.1, 0.15) is 31.4 Å². The third-order valence-corrected chi connectivity index (χ3v) is 4.77. The van der Waals surface area contributed by atoms with Crippen LogP contribution in [0.2, 0.25) is 4.34 Å². The third kappa shape index (κ3) is 2.74. The quantitative estimate of drug-likeness (QED) is 0.819. The Kier molecular flexibility index (Phi) is 3.97. The number of esters is 1. The zero-order valence-electron chi connectivity index (χ0n) is 10.3. The molecular weight excluding hydrogens is 288 g/mol. The predicted molar refractivity (Wildman–Crippen MR) is 70.5 cm³/mol. The molecule has 0 spiro atoms. The molecule has 1 aromatic rings. The van der Waals surface area contributed by atoms with Gasteiger partial charge in [0.25, 0.3) is 0 Å². The summed E-state index contributed by atoms with van der Waals surface area (Å²) in [6, 6.07) is 0.117. The molecule has 2 N–H and O–H groups in total. The van der Waals surface area contributed by atoms with E-state index in [1.165, 1.54) is 12.8 Å². The molecule has 2 fully saturated rings. The first-order chi connectivity index (χ1) is 9.25. The average molecular weight is 303 g/mol. The number of nitrogens with one attached hydrogen (secondary N) is 2. The Morgan fingerprint density at radius 1 is 1.42 bits per heavy atom. The Balaban J connectivity index is 1.57. The molecule has 1 aliphatic carbocycles. The molecule has 3 rings (SSSR count). The van der Waals surface area contributed by atoms with Crippen molar-refractivity contribution in [1.29, 1.82) is 0 Å². The normalized spacial score (nSPS) is 30.1. The maximum absolute atomic E-state index is 12.1. The molecule has 0 radical (unpaired) electrons. The highest BCUT2D eigenvalue weighted by Crippen LogP contribution is 2.30. The topological polar surface area (TPSA) is 76.1 Å². The van der Waals surface area contributed by atoms with E-state index in [4.69, 9.17) is 16.3 Å². The predicted octanol–water partition coefficient (Wildman–Crippen LogP) is 1.27. The van der Waals surface area contributed by atoms with Gasteiger partial charge in [-0.05, 0) is 12.8 Å². The van der Waals surface area contributed by atoms with E-state index in [0.29, 0.717) is 22.0 Å². The molecular formula is C11H15ClN4O2S. The van der Waals surface area contributed by atoms with Crippen molar-refractivity contribution in [2.45, 2.75) is 44.4 Å². The summed E-state index contributed by atoms with van der Waals surface area (Å²) in [5, 5.41) is 3.82. The summed E-state index contributed by atoms with van der Waals surface area (Å²) in [5.74, 6) is 0.0799. The number of aromatic nitrogens is 2. The van der Waals surface area contributed by atoms with Gasteiger partial charge in [0, 0.05) is 23.5 Å². The van der Waals surface area contributed by atoms with Crippen LogP contribution in [0, 0.1) is 5.92 Å². The number of hydrogen-bond donors (Lipinski definition) is 2. The molecule has 0 aromatic carbocycles. The molecule has 0 amide bonds. The molecule has 1 aliphatic heterocycles. The van der Waals surface area contributed by atoms with Crippen molar-refractivity contribution in [2.75, 3.05) is 0 Å². The van der Waals surface area contributed by atoms with E-state index in [9.17, 15) is 4.79 Å². The van der Waals surface area contributed by atoms with E-state index in [1.54, 1.807) is 0 Å². The maximum Gasteiger partial charge on any atom is 0.325 e.